The summed E-state index contributed by atoms with van der Waals surface area (Å²) < 4.78 is 1.65. The van der Waals surface area contributed by atoms with Gasteiger partial charge in [0.15, 0.2) is 0 Å². The lowest BCUT2D eigenvalue weighted by Gasteiger charge is -2.36. The molecule has 0 radical (unpaired) electrons. The van der Waals surface area contributed by atoms with E-state index in [0.29, 0.717) is 0 Å². The zero-order valence-corrected chi connectivity index (χ0v) is 33.5. The number of hydrogen-bond acceptors (Lipinski definition) is 4. The van der Waals surface area contributed by atoms with E-state index in [-0.39, 0.29) is 0 Å². The van der Waals surface area contributed by atoms with Crippen molar-refractivity contribution in [3.8, 4) is 0 Å². The summed E-state index contributed by atoms with van der Waals surface area (Å²) in [4.78, 5) is 9.95. The van der Waals surface area contributed by atoms with Gasteiger partial charge in [-0.05, 0) is 91.2 Å². The highest BCUT2D eigenvalue weighted by Crippen LogP contribution is 2.48. The number of pyridine rings is 2. The molecular formula is C25H18Br2N2S12. The molecule has 1 aliphatic rings. The third-order valence-corrected chi connectivity index (χ3v) is 26.8. The normalized spacial score (nSPS) is 12.3. The summed E-state index contributed by atoms with van der Waals surface area (Å²) in [5.41, 5.74) is 6.54. The number of fused-ring (bicyclic) bond motifs is 2. The standard InChI is InChI=1S/C25H18Br2N2.S12/c26-23-13-5-11-21(28-23)25(22-12-6-14-24(27)29-22)19-9-3-1-7-17(19)15-16-18-8-2-4-10-20(18)25;1-3-5-7-9-11-12-10-8-6-4-2/h1-14H,15-16H2;. The highest BCUT2D eigenvalue weighted by Gasteiger charge is 2.45. The number of halogens is 2. The molecule has 16 heteroatoms. The van der Waals surface area contributed by atoms with Crippen molar-refractivity contribution in [2.24, 2.45) is 0 Å². The Morgan fingerprint density at radius 2 is 0.902 bits per heavy atom. The molecule has 0 fully saturated rings. The van der Waals surface area contributed by atoms with Crippen molar-refractivity contribution >= 4 is 143 Å². The minimum Gasteiger partial charge on any atom is -0.244 e. The zero-order chi connectivity index (χ0) is 28.9. The van der Waals surface area contributed by atoms with Crippen LogP contribution in [0.25, 0.3) is 0 Å². The van der Waals surface area contributed by atoms with Gasteiger partial charge in [-0.25, -0.2) is 9.97 Å². The van der Waals surface area contributed by atoms with Crippen LogP contribution in [0, 0.1) is 0 Å². The summed E-state index contributed by atoms with van der Waals surface area (Å²) in [6, 6.07) is 29.8. The SMILES string of the molecule is Brc1cccc(C2(c3cccc(Br)n3)c3ccccc3CCc3ccccc32)n1.S=S=S=S=S=S=S=S=S=S=S=S. The lowest BCUT2D eigenvalue weighted by molar-refractivity contribution is 0.679. The Balaban J connectivity index is 0.000000275. The van der Waals surface area contributed by atoms with Crippen LogP contribution < -0.4 is 0 Å². The molecule has 5 rings (SSSR count). The summed E-state index contributed by atoms with van der Waals surface area (Å²) in [7, 11) is 16.3. The van der Waals surface area contributed by atoms with Crippen LogP contribution in [0.4, 0.5) is 0 Å². The fourth-order valence-corrected chi connectivity index (χ4v) is 27.3. The van der Waals surface area contributed by atoms with Crippen LogP contribution in [0.15, 0.2) is 94.1 Å². The molecule has 0 saturated heterocycles. The van der Waals surface area contributed by atoms with Crippen LogP contribution in [0.2, 0.25) is 0 Å². The molecule has 4 aromatic rings. The Morgan fingerprint density at radius 1 is 0.512 bits per heavy atom. The topological polar surface area (TPSA) is 25.8 Å². The number of nitrogens with zero attached hydrogens (tertiary/aromatic N) is 2. The van der Waals surface area contributed by atoms with E-state index in [1.54, 1.807) is 71.0 Å². The monoisotopic (exact) mass is 888 g/mol. The second kappa shape index (κ2) is 18.3. The minimum atomic E-state index is -0.586. The highest BCUT2D eigenvalue weighted by atomic mass is 79.9. The number of aryl methyl sites for hydroxylation is 2. The maximum absolute atomic E-state index is 4.98. The molecule has 0 aliphatic heterocycles. The smallest absolute Gasteiger partial charge is 0.106 e. The number of hydrogen-bond donors (Lipinski definition) is 0. The first-order valence-electron chi connectivity index (χ1n) is 11.5. The number of benzene rings is 2. The first-order chi connectivity index (χ1) is 20.1. The molecule has 0 N–H and O–H groups in total. The third-order valence-electron chi connectivity index (χ3n) is 5.96. The third kappa shape index (κ3) is 9.19. The van der Waals surface area contributed by atoms with Gasteiger partial charge in [-0.2, -0.15) is 0 Å². The Morgan fingerprint density at radius 3 is 1.29 bits per heavy atom. The number of rotatable bonds is 2. The van der Waals surface area contributed by atoms with E-state index >= 15 is 0 Å². The molecule has 0 atom stereocenters. The van der Waals surface area contributed by atoms with Gasteiger partial charge in [-0.1, -0.05) is 60.7 Å². The van der Waals surface area contributed by atoms with Crippen LogP contribution in [0.3, 0.4) is 0 Å². The summed E-state index contributed by atoms with van der Waals surface area (Å²) in [6.45, 7) is 0. The van der Waals surface area contributed by atoms with E-state index in [4.69, 9.17) is 9.97 Å². The molecule has 0 saturated carbocycles. The van der Waals surface area contributed by atoms with E-state index in [2.05, 4.69) is 127 Å². The van der Waals surface area contributed by atoms with Crippen LogP contribution in [0.1, 0.15) is 33.6 Å². The average Bonchev–Trinajstić information content (AvgIpc) is 3.14. The molecule has 0 unspecified atom stereocenters. The van der Waals surface area contributed by atoms with Crippen LogP contribution >= 0.6 is 31.9 Å². The largest absolute Gasteiger partial charge is 0.244 e. The Kier molecular flexibility index (Phi) is 15.3. The molecule has 0 amide bonds. The molecule has 0 spiro atoms. The summed E-state index contributed by atoms with van der Waals surface area (Å²) in [6.07, 6.45) is 1.99. The molecule has 2 heterocycles. The van der Waals surface area contributed by atoms with Crippen LogP contribution in [-0.4, -0.2) is 9.97 Å². The fourth-order valence-electron chi connectivity index (χ4n) is 4.63. The van der Waals surface area contributed by atoms with E-state index in [9.17, 15) is 0 Å². The maximum atomic E-state index is 4.98. The molecule has 214 valence electrons. The molecule has 1 aliphatic carbocycles. The van der Waals surface area contributed by atoms with Gasteiger partial charge < -0.3 is 0 Å². The van der Waals surface area contributed by atoms with Crippen LogP contribution in [-0.2, 0) is 129 Å². The van der Waals surface area contributed by atoms with Crippen molar-refractivity contribution in [1.82, 2.24) is 9.97 Å². The van der Waals surface area contributed by atoms with Crippen molar-refractivity contribution in [3.63, 3.8) is 0 Å². The van der Waals surface area contributed by atoms with Gasteiger partial charge in [0.1, 0.15) is 14.6 Å². The molecule has 2 aromatic heterocycles. The Hall–Kier alpha value is 0.340. The molecule has 41 heavy (non-hydrogen) atoms. The predicted molar refractivity (Wildman–Crippen MR) is 212 cm³/mol. The summed E-state index contributed by atoms with van der Waals surface area (Å²) >= 11 is 16.6. The fraction of sp³-hybridized carbons (Fsp3) is 0.120. The Labute approximate surface area is 294 Å². The van der Waals surface area contributed by atoms with Gasteiger partial charge in [-0.15, -0.1) is 0 Å². The highest BCUT2D eigenvalue weighted by molar-refractivity contribution is 9.10. The van der Waals surface area contributed by atoms with E-state index in [1.807, 2.05) is 12.1 Å². The summed E-state index contributed by atoms with van der Waals surface area (Å²) in [5, 5.41) is 0. The maximum Gasteiger partial charge on any atom is 0.106 e. The second-order valence-electron chi connectivity index (χ2n) is 7.94. The van der Waals surface area contributed by atoms with Gasteiger partial charge in [0, 0.05) is 111 Å². The predicted octanol–water partition coefficient (Wildman–Crippen LogP) is 6.45. The number of aromatic nitrogens is 2. The van der Waals surface area contributed by atoms with Gasteiger partial charge in [0.05, 0.1) is 11.4 Å². The van der Waals surface area contributed by atoms with Crippen molar-refractivity contribution < 1.29 is 0 Å². The lowest BCUT2D eigenvalue weighted by atomic mass is 9.67. The first kappa shape index (κ1) is 34.2. The Bertz CT molecular complexity index is 1860. The van der Waals surface area contributed by atoms with Crippen molar-refractivity contribution in [2.75, 3.05) is 0 Å². The average molecular weight is 891 g/mol. The minimum absolute atomic E-state index is 0.586. The van der Waals surface area contributed by atoms with Gasteiger partial charge >= 0.3 is 0 Å². The van der Waals surface area contributed by atoms with Gasteiger partial charge in [0.25, 0.3) is 0 Å². The van der Waals surface area contributed by atoms with Gasteiger partial charge in [0.2, 0.25) is 0 Å². The van der Waals surface area contributed by atoms with Crippen LogP contribution in [0.5, 0.6) is 0 Å². The van der Waals surface area contributed by atoms with Gasteiger partial charge in [-0.3, -0.25) is 0 Å². The quantitative estimate of drug-likeness (QED) is 0.216. The van der Waals surface area contributed by atoms with Crippen molar-refractivity contribution in [2.45, 2.75) is 18.3 Å². The molecular weight excluding hydrogens is 873 g/mol. The molecule has 2 nitrogen and oxygen atoms in total. The van der Waals surface area contributed by atoms with E-state index in [0.717, 1.165) is 33.4 Å². The second-order valence-corrected chi connectivity index (χ2v) is 27.3. The van der Waals surface area contributed by atoms with Crippen molar-refractivity contribution in [3.05, 3.63) is 128 Å². The van der Waals surface area contributed by atoms with E-state index < -0.39 is 5.41 Å². The van der Waals surface area contributed by atoms with Crippen molar-refractivity contribution in [1.29, 1.82) is 0 Å². The van der Waals surface area contributed by atoms with E-state index in [1.165, 1.54) is 40.0 Å². The zero-order valence-electron chi connectivity index (χ0n) is 20.5. The summed E-state index contributed by atoms with van der Waals surface area (Å²) in [5.74, 6) is 0. The molecule has 0 bridgehead atoms. The lowest BCUT2D eigenvalue weighted by Crippen LogP contribution is -2.34. The molecule has 2 aromatic carbocycles. The first-order valence-corrected chi connectivity index (χ1v) is 27.7.